The molecule has 6 nitrogen and oxygen atoms in total. The van der Waals surface area contributed by atoms with Crippen LogP contribution >= 0.6 is 0 Å². The van der Waals surface area contributed by atoms with Crippen molar-refractivity contribution in [1.29, 1.82) is 0 Å². The van der Waals surface area contributed by atoms with Crippen LogP contribution in [-0.2, 0) is 20.7 Å². The number of nitrogens with one attached hydrogen (secondary N) is 1. The second kappa shape index (κ2) is 6.38. The number of para-hydroxylation sites is 1. The molecule has 0 bridgehead atoms. The van der Waals surface area contributed by atoms with Crippen LogP contribution in [0, 0.1) is 0 Å². The maximum atomic E-state index is 11.7. The third-order valence-electron chi connectivity index (χ3n) is 3.13. The molecule has 2 atom stereocenters. The van der Waals surface area contributed by atoms with E-state index in [2.05, 4.69) is 5.32 Å². The zero-order valence-corrected chi connectivity index (χ0v) is 11.3. The van der Waals surface area contributed by atoms with E-state index in [1.807, 2.05) is 31.2 Å². The topological polar surface area (TPSA) is 90.6 Å². The highest BCUT2D eigenvalue weighted by Gasteiger charge is 2.29. The number of carbonyl (C=O) groups is 2. The van der Waals surface area contributed by atoms with Crippen molar-refractivity contribution in [3.8, 4) is 5.75 Å². The van der Waals surface area contributed by atoms with E-state index in [-0.39, 0.29) is 31.2 Å². The van der Waals surface area contributed by atoms with Crippen molar-refractivity contribution in [3.63, 3.8) is 0 Å². The molecule has 1 aromatic carbocycles. The number of amides is 1. The van der Waals surface area contributed by atoms with Crippen molar-refractivity contribution in [3.05, 3.63) is 29.8 Å². The fraction of sp³-hybridized carbons (Fsp3) is 0.429. The molecule has 0 aliphatic carbocycles. The SMILES string of the molecule is CC1Oc2ccccc2CC1OC(=O)CNC(=O)CN. The van der Waals surface area contributed by atoms with Gasteiger partial charge in [-0.1, -0.05) is 18.2 Å². The molecule has 3 N–H and O–H groups in total. The molecule has 1 heterocycles. The van der Waals surface area contributed by atoms with E-state index in [1.165, 1.54) is 0 Å². The fourth-order valence-corrected chi connectivity index (χ4v) is 2.04. The van der Waals surface area contributed by atoms with E-state index >= 15 is 0 Å². The lowest BCUT2D eigenvalue weighted by Crippen LogP contribution is -2.42. The summed E-state index contributed by atoms with van der Waals surface area (Å²) >= 11 is 0. The number of carbonyl (C=O) groups excluding carboxylic acids is 2. The summed E-state index contributed by atoms with van der Waals surface area (Å²) in [6, 6.07) is 7.66. The maximum Gasteiger partial charge on any atom is 0.325 e. The molecule has 0 aromatic heterocycles. The molecular weight excluding hydrogens is 260 g/mol. The average Bonchev–Trinajstić information content (AvgIpc) is 2.45. The average molecular weight is 278 g/mol. The van der Waals surface area contributed by atoms with Gasteiger partial charge in [0.05, 0.1) is 6.54 Å². The monoisotopic (exact) mass is 278 g/mol. The summed E-state index contributed by atoms with van der Waals surface area (Å²) in [5.41, 5.74) is 6.14. The van der Waals surface area contributed by atoms with Crippen molar-refractivity contribution in [1.82, 2.24) is 5.32 Å². The molecule has 20 heavy (non-hydrogen) atoms. The molecule has 6 heteroatoms. The Hall–Kier alpha value is -2.08. The van der Waals surface area contributed by atoms with Crippen LogP contribution in [0.25, 0.3) is 0 Å². The van der Waals surface area contributed by atoms with Gasteiger partial charge in [-0.3, -0.25) is 9.59 Å². The van der Waals surface area contributed by atoms with Crippen molar-refractivity contribution in [2.45, 2.75) is 25.6 Å². The zero-order valence-electron chi connectivity index (χ0n) is 11.3. The van der Waals surface area contributed by atoms with Crippen LogP contribution < -0.4 is 15.8 Å². The van der Waals surface area contributed by atoms with Gasteiger partial charge in [-0.25, -0.2) is 0 Å². The zero-order chi connectivity index (χ0) is 14.5. The van der Waals surface area contributed by atoms with Gasteiger partial charge in [0, 0.05) is 6.42 Å². The Balaban J connectivity index is 1.90. The van der Waals surface area contributed by atoms with Gasteiger partial charge in [0.25, 0.3) is 0 Å². The lowest BCUT2D eigenvalue weighted by atomic mass is 10.0. The molecule has 0 saturated heterocycles. The lowest BCUT2D eigenvalue weighted by Gasteiger charge is -2.31. The Morgan fingerprint density at radius 2 is 2.20 bits per heavy atom. The summed E-state index contributed by atoms with van der Waals surface area (Å²) in [4.78, 5) is 22.6. The molecule has 2 unspecified atom stereocenters. The van der Waals surface area contributed by atoms with Crippen LogP contribution in [0.4, 0.5) is 0 Å². The quantitative estimate of drug-likeness (QED) is 0.756. The first-order valence-electron chi connectivity index (χ1n) is 6.51. The van der Waals surface area contributed by atoms with Crippen LogP contribution in [0.3, 0.4) is 0 Å². The minimum atomic E-state index is -0.494. The molecule has 0 spiro atoms. The number of rotatable bonds is 4. The van der Waals surface area contributed by atoms with Gasteiger partial charge >= 0.3 is 5.97 Å². The van der Waals surface area contributed by atoms with Gasteiger partial charge < -0.3 is 20.5 Å². The summed E-state index contributed by atoms with van der Waals surface area (Å²) in [6.07, 6.45) is 0.0275. The Bertz CT molecular complexity index is 504. The highest BCUT2D eigenvalue weighted by molar-refractivity contribution is 5.83. The second-order valence-electron chi connectivity index (χ2n) is 4.64. The van der Waals surface area contributed by atoms with Gasteiger partial charge in [0.2, 0.25) is 5.91 Å². The number of hydrogen-bond donors (Lipinski definition) is 2. The van der Waals surface area contributed by atoms with Crippen LogP contribution in [0.2, 0.25) is 0 Å². The van der Waals surface area contributed by atoms with Crippen molar-refractivity contribution in [2.24, 2.45) is 5.73 Å². The van der Waals surface area contributed by atoms with E-state index in [0.29, 0.717) is 6.42 Å². The lowest BCUT2D eigenvalue weighted by molar-refractivity contribution is -0.154. The molecule has 1 aliphatic rings. The van der Waals surface area contributed by atoms with Crippen LogP contribution in [0.5, 0.6) is 5.75 Å². The number of hydrogen-bond acceptors (Lipinski definition) is 5. The Labute approximate surface area is 117 Å². The highest BCUT2D eigenvalue weighted by atomic mass is 16.6. The molecule has 108 valence electrons. The summed E-state index contributed by atoms with van der Waals surface area (Å²) in [6.45, 7) is 1.52. The van der Waals surface area contributed by atoms with Gasteiger partial charge in [0.15, 0.2) is 0 Å². The third-order valence-corrected chi connectivity index (χ3v) is 3.13. The number of benzene rings is 1. The van der Waals surface area contributed by atoms with Crippen LogP contribution in [0.1, 0.15) is 12.5 Å². The van der Waals surface area contributed by atoms with Crippen LogP contribution in [0.15, 0.2) is 24.3 Å². The van der Waals surface area contributed by atoms with E-state index in [4.69, 9.17) is 15.2 Å². The minimum Gasteiger partial charge on any atom is -0.487 e. The summed E-state index contributed by atoms with van der Waals surface area (Å²) < 4.78 is 11.0. The molecule has 0 saturated carbocycles. The molecule has 2 rings (SSSR count). The van der Waals surface area contributed by atoms with Gasteiger partial charge in [0.1, 0.15) is 24.5 Å². The first kappa shape index (κ1) is 14.3. The number of ether oxygens (including phenoxy) is 2. The van der Waals surface area contributed by atoms with Crippen molar-refractivity contribution < 1.29 is 19.1 Å². The summed E-state index contributed by atoms with van der Waals surface area (Å²) in [5.74, 6) is -0.0596. The Morgan fingerprint density at radius 1 is 1.45 bits per heavy atom. The summed E-state index contributed by atoms with van der Waals surface area (Å²) in [5, 5.41) is 2.38. The smallest absolute Gasteiger partial charge is 0.325 e. The first-order chi connectivity index (χ1) is 9.60. The van der Waals surface area contributed by atoms with Crippen molar-refractivity contribution >= 4 is 11.9 Å². The normalized spacial score (nSPS) is 20.5. The minimum absolute atomic E-state index is 0.149. The first-order valence-corrected chi connectivity index (χ1v) is 6.51. The van der Waals surface area contributed by atoms with Crippen molar-refractivity contribution in [2.75, 3.05) is 13.1 Å². The van der Waals surface area contributed by atoms with E-state index < -0.39 is 5.97 Å². The standard InChI is InChI=1S/C14H18N2O4/c1-9-12(20-14(18)8-16-13(17)7-15)6-10-4-2-3-5-11(10)19-9/h2-5,9,12H,6-8,15H2,1H3,(H,16,17). The van der Waals surface area contributed by atoms with Crippen LogP contribution in [-0.4, -0.2) is 37.2 Å². The number of esters is 1. The predicted molar refractivity (Wildman–Crippen MR) is 72.2 cm³/mol. The summed E-state index contributed by atoms with van der Waals surface area (Å²) in [7, 11) is 0. The molecule has 0 radical (unpaired) electrons. The highest BCUT2D eigenvalue weighted by Crippen LogP contribution is 2.28. The third kappa shape index (κ3) is 3.48. The van der Waals surface area contributed by atoms with E-state index in [1.54, 1.807) is 0 Å². The number of nitrogens with two attached hydrogens (primary N) is 1. The Kier molecular flexibility index (Phi) is 4.57. The Morgan fingerprint density at radius 3 is 2.95 bits per heavy atom. The second-order valence-corrected chi connectivity index (χ2v) is 4.64. The predicted octanol–water partition coefficient (Wildman–Crippen LogP) is -0.00330. The molecule has 1 aromatic rings. The van der Waals surface area contributed by atoms with Gasteiger partial charge in [-0.15, -0.1) is 0 Å². The molecule has 0 fully saturated rings. The van der Waals surface area contributed by atoms with Gasteiger partial charge in [-0.2, -0.15) is 0 Å². The van der Waals surface area contributed by atoms with E-state index in [0.717, 1.165) is 11.3 Å². The molecule has 1 aliphatic heterocycles. The van der Waals surface area contributed by atoms with E-state index in [9.17, 15) is 9.59 Å². The van der Waals surface area contributed by atoms with Gasteiger partial charge in [-0.05, 0) is 18.6 Å². The molecular formula is C14H18N2O4. The molecule has 1 amide bonds. The fourth-order valence-electron chi connectivity index (χ4n) is 2.04. The maximum absolute atomic E-state index is 11.7. The number of fused-ring (bicyclic) bond motifs is 1. The largest absolute Gasteiger partial charge is 0.487 e.